The third kappa shape index (κ3) is 2.05. The van der Waals surface area contributed by atoms with Gasteiger partial charge in [0.15, 0.2) is 0 Å². The predicted molar refractivity (Wildman–Crippen MR) is 65.2 cm³/mol. The first-order valence-corrected chi connectivity index (χ1v) is 6.34. The molecule has 0 radical (unpaired) electrons. The predicted octanol–water partition coefficient (Wildman–Crippen LogP) is 4.02. The van der Waals surface area contributed by atoms with Gasteiger partial charge in [0.05, 0.1) is 0 Å². The third-order valence-electron chi connectivity index (χ3n) is 3.56. The van der Waals surface area contributed by atoms with Crippen LogP contribution in [-0.4, -0.2) is 6.10 Å². The molecule has 0 saturated carbocycles. The molecule has 0 bridgehead atoms. The molecule has 1 saturated heterocycles. The summed E-state index contributed by atoms with van der Waals surface area (Å²) in [4.78, 5) is 0. The molecule has 1 aromatic rings. The van der Waals surface area contributed by atoms with E-state index in [9.17, 15) is 0 Å². The minimum absolute atomic E-state index is 0.338. The summed E-state index contributed by atoms with van der Waals surface area (Å²) in [6.45, 7) is 0. The number of hydrogen-bond donors (Lipinski definition) is 0. The van der Waals surface area contributed by atoms with Crippen molar-refractivity contribution in [1.82, 2.24) is 0 Å². The Morgan fingerprint density at radius 2 is 1.81 bits per heavy atom. The molecular weight excluding hydrogens is 196 g/mol. The minimum atomic E-state index is 0.338. The highest BCUT2D eigenvalue weighted by atomic mass is 16.6. The van der Waals surface area contributed by atoms with Crippen molar-refractivity contribution in [3.8, 4) is 0 Å². The van der Waals surface area contributed by atoms with Crippen molar-refractivity contribution in [2.24, 2.45) is 0 Å². The summed E-state index contributed by atoms with van der Waals surface area (Å²) in [7, 11) is 0. The fraction of sp³-hybridized carbons (Fsp3) is 0.467. The van der Waals surface area contributed by atoms with E-state index in [-0.39, 0.29) is 0 Å². The van der Waals surface area contributed by atoms with Gasteiger partial charge in [0.1, 0.15) is 12.2 Å². The molecule has 84 valence electrons. The second-order valence-corrected chi connectivity index (χ2v) is 4.77. The van der Waals surface area contributed by atoms with Gasteiger partial charge in [-0.1, -0.05) is 42.8 Å². The molecule has 1 aliphatic heterocycles. The maximum atomic E-state index is 5.83. The van der Waals surface area contributed by atoms with Crippen LogP contribution >= 0.6 is 0 Å². The number of hydrogen-bond acceptors (Lipinski definition) is 1. The number of allylic oxidation sites excluding steroid dienone is 1. The Morgan fingerprint density at radius 3 is 2.69 bits per heavy atom. The molecular formula is C15H18O. The van der Waals surface area contributed by atoms with Crippen molar-refractivity contribution in [1.29, 1.82) is 0 Å². The smallest absolute Gasteiger partial charge is 0.113 e. The summed E-state index contributed by atoms with van der Waals surface area (Å²) in [5.41, 5.74) is 2.88. The highest BCUT2D eigenvalue weighted by molar-refractivity contribution is 5.29. The van der Waals surface area contributed by atoms with Crippen molar-refractivity contribution in [2.75, 3.05) is 0 Å². The molecule has 0 spiro atoms. The first-order chi connectivity index (χ1) is 7.95. The molecule has 2 aliphatic rings. The zero-order chi connectivity index (χ0) is 10.8. The second-order valence-electron chi connectivity index (χ2n) is 4.77. The Morgan fingerprint density at radius 1 is 0.938 bits per heavy atom. The first kappa shape index (κ1) is 10.1. The van der Waals surface area contributed by atoms with Gasteiger partial charge in [0.25, 0.3) is 0 Å². The van der Waals surface area contributed by atoms with Gasteiger partial charge in [0, 0.05) is 0 Å². The van der Waals surface area contributed by atoms with Crippen LogP contribution in [0.3, 0.4) is 0 Å². The Bertz CT molecular complexity index is 380. The number of benzene rings is 1. The van der Waals surface area contributed by atoms with Crippen LogP contribution in [0.15, 0.2) is 42.0 Å². The average Bonchev–Trinajstić information content (AvgIpc) is 3.14. The summed E-state index contributed by atoms with van der Waals surface area (Å²) in [6, 6.07) is 10.6. The van der Waals surface area contributed by atoms with Gasteiger partial charge >= 0.3 is 0 Å². The highest BCUT2D eigenvalue weighted by Gasteiger charge is 2.42. The van der Waals surface area contributed by atoms with Gasteiger partial charge in [-0.25, -0.2) is 0 Å². The van der Waals surface area contributed by atoms with Gasteiger partial charge < -0.3 is 4.74 Å². The average molecular weight is 214 g/mol. The molecule has 2 atom stereocenters. The monoisotopic (exact) mass is 214 g/mol. The summed E-state index contributed by atoms with van der Waals surface area (Å²) in [6.07, 6.45) is 9.71. The van der Waals surface area contributed by atoms with Crippen molar-refractivity contribution >= 4 is 0 Å². The molecule has 1 aliphatic carbocycles. The Balaban J connectivity index is 1.69. The Kier molecular flexibility index (Phi) is 2.79. The van der Waals surface area contributed by atoms with Crippen molar-refractivity contribution in [3.63, 3.8) is 0 Å². The fourth-order valence-electron chi connectivity index (χ4n) is 2.59. The molecule has 1 aromatic carbocycles. The lowest BCUT2D eigenvalue weighted by molar-refractivity contribution is 0.386. The van der Waals surface area contributed by atoms with E-state index in [4.69, 9.17) is 4.74 Å². The van der Waals surface area contributed by atoms with Gasteiger partial charge in [-0.15, -0.1) is 0 Å². The van der Waals surface area contributed by atoms with E-state index < -0.39 is 0 Å². The topological polar surface area (TPSA) is 12.5 Å². The minimum Gasteiger partial charge on any atom is -0.360 e. The molecule has 1 fully saturated rings. The molecule has 0 aromatic heterocycles. The lowest BCUT2D eigenvalue weighted by atomic mass is 10.0. The zero-order valence-electron chi connectivity index (χ0n) is 9.56. The molecule has 0 unspecified atom stereocenters. The van der Waals surface area contributed by atoms with Crippen LogP contribution in [0, 0.1) is 0 Å². The van der Waals surface area contributed by atoms with Crippen molar-refractivity contribution in [3.05, 3.63) is 47.5 Å². The number of epoxide rings is 1. The van der Waals surface area contributed by atoms with Crippen LogP contribution in [-0.2, 0) is 4.74 Å². The first-order valence-electron chi connectivity index (χ1n) is 6.34. The highest BCUT2D eigenvalue weighted by Crippen LogP contribution is 2.45. The SMILES string of the molecule is C1=C([C@@H]2O[C@@H]2c2ccccc2)CCCCC1. The summed E-state index contributed by atoms with van der Waals surface area (Å²) in [5, 5.41) is 0. The normalized spacial score (nSPS) is 29.4. The molecule has 16 heavy (non-hydrogen) atoms. The summed E-state index contributed by atoms with van der Waals surface area (Å²) in [5.74, 6) is 0. The molecule has 1 heterocycles. The molecule has 3 rings (SSSR count). The molecule has 0 amide bonds. The van der Waals surface area contributed by atoms with E-state index in [1.165, 1.54) is 37.7 Å². The molecule has 1 nitrogen and oxygen atoms in total. The second kappa shape index (κ2) is 4.42. The van der Waals surface area contributed by atoms with E-state index in [1.54, 1.807) is 5.57 Å². The maximum absolute atomic E-state index is 5.83. The Labute approximate surface area is 97.1 Å². The van der Waals surface area contributed by atoms with Crippen molar-refractivity contribution in [2.45, 2.75) is 44.3 Å². The standard InChI is InChI=1S/C15H18O/c1-2-5-9-12(8-4-1)14-15(16-14)13-10-6-3-7-11-13/h3,6-8,10-11,14-15H,1-2,4-5,9H2/t14-,15+/m0/s1. The lowest BCUT2D eigenvalue weighted by Gasteiger charge is -2.00. The molecule has 1 heteroatoms. The van der Waals surface area contributed by atoms with E-state index in [1.807, 2.05) is 0 Å². The van der Waals surface area contributed by atoms with Gasteiger partial charge in [-0.2, -0.15) is 0 Å². The van der Waals surface area contributed by atoms with Gasteiger partial charge in [0.2, 0.25) is 0 Å². The number of rotatable bonds is 2. The van der Waals surface area contributed by atoms with E-state index in [0.717, 1.165) is 0 Å². The zero-order valence-corrected chi connectivity index (χ0v) is 9.56. The van der Waals surface area contributed by atoms with Gasteiger partial charge in [-0.3, -0.25) is 0 Å². The van der Waals surface area contributed by atoms with E-state index >= 15 is 0 Å². The van der Waals surface area contributed by atoms with Crippen LogP contribution in [0.2, 0.25) is 0 Å². The van der Waals surface area contributed by atoms with Gasteiger partial charge in [-0.05, 0) is 36.8 Å². The molecule has 0 N–H and O–H groups in total. The van der Waals surface area contributed by atoms with Crippen LogP contribution in [0.1, 0.15) is 43.8 Å². The number of ether oxygens (including phenoxy) is 1. The van der Waals surface area contributed by atoms with E-state index in [2.05, 4.69) is 36.4 Å². The van der Waals surface area contributed by atoms with Crippen LogP contribution in [0.25, 0.3) is 0 Å². The van der Waals surface area contributed by atoms with Crippen LogP contribution < -0.4 is 0 Å². The fourth-order valence-corrected chi connectivity index (χ4v) is 2.59. The lowest BCUT2D eigenvalue weighted by Crippen LogP contribution is -1.94. The third-order valence-corrected chi connectivity index (χ3v) is 3.56. The maximum Gasteiger partial charge on any atom is 0.113 e. The quantitative estimate of drug-likeness (QED) is 0.535. The van der Waals surface area contributed by atoms with Crippen LogP contribution in [0.5, 0.6) is 0 Å². The van der Waals surface area contributed by atoms with E-state index in [0.29, 0.717) is 12.2 Å². The Hall–Kier alpha value is -1.08. The summed E-state index contributed by atoms with van der Waals surface area (Å²) >= 11 is 0. The van der Waals surface area contributed by atoms with Crippen molar-refractivity contribution < 1.29 is 4.74 Å². The van der Waals surface area contributed by atoms with Crippen LogP contribution in [0.4, 0.5) is 0 Å². The summed E-state index contributed by atoms with van der Waals surface area (Å²) < 4.78 is 5.83. The largest absolute Gasteiger partial charge is 0.360 e.